The molecule has 0 bridgehead atoms. The van der Waals surface area contributed by atoms with Gasteiger partial charge in [0.05, 0.1) is 25.7 Å². The number of aromatic amines is 1. The SMILES string of the molecule is BrCCc1cccc2ccccc12.C.C.CCCCCBr.CCCCCC[n+]1cn(CCc2cccc3ccccc23)c2c1C(=O)c1ccccc1C2=O.CCCCCn1cnc2c1C(=O)c1ccccc1C2=O.O=C1c2ccccc2C(=O)c2[nH]cnc21.[Br-]. The van der Waals surface area contributed by atoms with Crippen LogP contribution in [0.25, 0.3) is 21.5 Å². The van der Waals surface area contributed by atoms with Gasteiger partial charge in [-0.2, -0.15) is 0 Å². The Kier molecular flexibility index (Phi) is 27.7. The van der Waals surface area contributed by atoms with Gasteiger partial charge in [-0.15, -0.1) is 0 Å². The molecule has 3 aromatic heterocycles. The Bertz CT molecular complexity index is 4040. The fourth-order valence-electron chi connectivity index (χ4n) is 11.3. The summed E-state index contributed by atoms with van der Waals surface area (Å²) in [5.74, 6) is -0.696. The van der Waals surface area contributed by atoms with Crippen molar-refractivity contribution in [1.29, 1.82) is 0 Å². The molecule has 3 aliphatic carbocycles. The van der Waals surface area contributed by atoms with Gasteiger partial charge in [0.15, 0.2) is 0 Å². The third-order valence-corrected chi connectivity index (χ3v) is 16.8. The van der Waals surface area contributed by atoms with Crippen molar-refractivity contribution in [3.05, 3.63) is 255 Å². The first-order chi connectivity index (χ1) is 42.5. The Labute approximate surface area is 557 Å². The number of halogens is 3. The summed E-state index contributed by atoms with van der Waals surface area (Å²) in [5, 5.41) is 7.37. The standard InChI is InChI=1S/C29H29N2O2.C16H16N2O2.C12H11Br.C11H6N2O2.C5H11Br.2CH4.BrH/c1-2-3-4-9-18-30-20-31(19-17-22-13-10-12-21-11-5-6-14-23(21)22)27-26(30)28(32)24-15-7-8-16-25(24)29(27)33;1-2-3-6-9-18-10-17-13-14(18)16(20)12-8-5-4-7-11(12)15(13)19;13-9-8-11-6-3-5-10-4-1-2-7-12(10)11;14-10-6-3-1-2-4-7(6)11(15)9-8(10)12-5-13-9;1-2-3-4-5-6;;;/h5-8,10-16,20H,2-4,9,17-19H2,1H3;4-5,7-8,10H,2-3,6,9H2,1H3;1-7H,8-9H2;1-5H,(H,12,13);2-5H2,1H3;2*1H4;1H/q+1;;;;;;;/p-1. The van der Waals surface area contributed by atoms with Crippen LogP contribution in [0.3, 0.4) is 0 Å². The Morgan fingerprint density at radius 2 is 0.900 bits per heavy atom. The predicted octanol–water partition coefficient (Wildman–Crippen LogP) is 14.2. The second kappa shape index (κ2) is 34.9. The average molecular weight is 1400 g/mol. The number of aromatic nitrogens is 6. The lowest BCUT2D eigenvalue weighted by Gasteiger charge is -2.15. The molecule has 13 rings (SSSR count). The molecule has 0 saturated carbocycles. The summed E-state index contributed by atoms with van der Waals surface area (Å²) in [6, 6.07) is 50.7. The highest BCUT2D eigenvalue weighted by molar-refractivity contribution is 9.09. The summed E-state index contributed by atoms with van der Waals surface area (Å²) in [7, 11) is 0. The fourth-order valence-corrected chi connectivity index (χ4v) is 12.1. The Morgan fingerprint density at radius 3 is 1.44 bits per heavy atom. The second-order valence-corrected chi connectivity index (χ2v) is 23.3. The molecular formula is C75H81Br3N6O6. The molecule has 0 atom stereocenters. The van der Waals surface area contributed by atoms with Gasteiger partial charge in [-0.05, 0) is 64.8 Å². The lowest BCUT2D eigenvalue weighted by atomic mass is 9.89. The number of benzene rings is 7. The van der Waals surface area contributed by atoms with Crippen molar-refractivity contribution < 1.29 is 50.3 Å². The van der Waals surface area contributed by atoms with Crippen molar-refractivity contribution in [2.75, 3.05) is 10.7 Å². The summed E-state index contributed by atoms with van der Waals surface area (Å²) in [6.45, 7) is 8.68. The minimum absolute atomic E-state index is 0. The normalized spacial score (nSPS) is 12.0. The zero-order valence-electron chi connectivity index (χ0n) is 50.1. The highest BCUT2D eigenvalue weighted by Crippen LogP contribution is 2.30. The highest BCUT2D eigenvalue weighted by atomic mass is 79.9. The van der Waals surface area contributed by atoms with Gasteiger partial charge in [0.1, 0.15) is 22.8 Å². The van der Waals surface area contributed by atoms with E-state index in [2.05, 4.69) is 153 Å². The van der Waals surface area contributed by atoms with E-state index in [-0.39, 0.29) is 72.2 Å². The molecule has 90 heavy (non-hydrogen) atoms. The number of ketones is 6. The van der Waals surface area contributed by atoms with Crippen molar-refractivity contribution >= 4 is 88.1 Å². The molecule has 1 N–H and O–H groups in total. The van der Waals surface area contributed by atoms with Crippen LogP contribution in [-0.2, 0) is 32.5 Å². The van der Waals surface area contributed by atoms with E-state index in [1.54, 1.807) is 67.0 Å². The summed E-state index contributed by atoms with van der Waals surface area (Å²) < 4.78 is 5.85. The molecule has 468 valence electrons. The zero-order valence-corrected chi connectivity index (χ0v) is 54.8. The van der Waals surface area contributed by atoms with E-state index in [0.717, 1.165) is 63.4 Å². The quantitative estimate of drug-likeness (QED) is 0.0536. The molecule has 0 saturated heterocycles. The lowest BCUT2D eigenvalue weighted by molar-refractivity contribution is -0.698. The second-order valence-electron chi connectivity index (χ2n) is 21.7. The average Bonchev–Trinajstić information content (AvgIpc) is 1.60. The van der Waals surface area contributed by atoms with E-state index >= 15 is 0 Å². The number of hydrogen-bond acceptors (Lipinski definition) is 8. The Balaban J connectivity index is 0.000000194. The molecule has 0 aliphatic heterocycles. The van der Waals surface area contributed by atoms with Gasteiger partial charge in [-0.3, -0.25) is 28.8 Å². The van der Waals surface area contributed by atoms with E-state index < -0.39 is 0 Å². The number of fused-ring (bicyclic) bond motifs is 8. The van der Waals surface area contributed by atoms with Crippen LogP contribution in [0.2, 0.25) is 0 Å². The van der Waals surface area contributed by atoms with Gasteiger partial charge in [0.2, 0.25) is 52.4 Å². The van der Waals surface area contributed by atoms with Gasteiger partial charge in [-0.1, -0.05) is 264 Å². The van der Waals surface area contributed by atoms with E-state index in [1.165, 1.54) is 76.4 Å². The Hall–Kier alpha value is -7.85. The molecule has 10 aromatic rings. The van der Waals surface area contributed by atoms with E-state index in [9.17, 15) is 28.8 Å². The van der Waals surface area contributed by atoms with Crippen molar-refractivity contribution in [1.82, 2.24) is 24.1 Å². The number of alkyl halides is 2. The molecule has 3 heterocycles. The summed E-state index contributed by atoms with van der Waals surface area (Å²) in [6.07, 6.45) is 18.6. The maximum Gasteiger partial charge on any atom is 0.244 e. The maximum atomic E-state index is 13.5. The van der Waals surface area contributed by atoms with Crippen LogP contribution < -0.4 is 21.5 Å². The molecule has 0 fully saturated rings. The first kappa shape index (κ1) is 71.2. The van der Waals surface area contributed by atoms with Crippen LogP contribution >= 0.6 is 31.9 Å². The van der Waals surface area contributed by atoms with Crippen LogP contribution in [0.5, 0.6) is 0 Å². The first-order valence-corrected chi connectivity index (χ1v) is 32.6. The van der Waals surface area contributed by atoms with Crippen molar-refractivity contribution in [2.45, 2.75) is 132 Å². The molecule has 15 heteroatoms. The van der Waals surface area contributed by atoms with Crippen molar-refractivity contribution in [3.8, 4) is 0 Å². The van der Waals surface area contributed by atoms with Gasteiger partial charge in [-0.25, -0.2) is 19.1 Å². The molecule has 0 spiro atoms. The number of aryl methyl sites for hydroxylation is 5. The van der Waals surface area contributed by atoms with Crippen molar-refractivity contribution in [2.24, 2.45) is 0 Å². The summed E-state index contributed by atoms with van der Waals surface area (Å²) >= 11 is 6.82. The number of hydrogen-bond donors (Lipinski definition) is 1. The molecular weight excluding hydrogens is 1320 g/mol. The van der Waals surface area contributed by atoms with Gasteiger partial charge in [0, 0.05) is 57.0 Å². The molecule has 12 nitrogen and oxygen atoms in total. The number of H-pyrrole nitrogens is 1. The number of imidazole rings is 3. The maximum absolute atomic E-state index is 13.5. The summed E-state index contributed by atoms with van der Waals surface area (Å²) in [5.41, 5.74) is 7.87. The Morgan fingerprint density at radius 1 is 0.433 bits per heavy atom. The van der Waals surface area contributed by atoms with E-state index in [1.807, 2.05) is 32.2 Å². The monoisotopic (exact) mass is 1400 g/mol. The van der Waals surface area contributed by atoms with Gasteiger partial charge in [0.25, 0.3) is 0 Å². The molecule has 3 aliphatic rings. The number of carbonyl (C=O) groups is 6. The largest absolute Gasteiger partial charge is 1.00 e. The highest BCUT2D eigenvalue weighted by Gasteiger charge is 2.41. The third kappa shape index (κ3) is 16.2. The minimum atomic E-state index is -0.193. The summed E-state index contributed by atoms with van der Waals surface area (Å²) in [4.78, 5) is 86.4. The minimum Gasteiger partial charge on any atom is -1.00 e. The fraction of sp³-hybridized carbons (Fsp3) is 0.293. The van der Waals surface area contributed by atoms with Crippen LogP contribution in [0.15, 0.2) is 177 Å². The van der Waals surface area contributed by atoms with E-state index in [0.29, 0.717) is 68.4 Å². The molecule has 0 radical (unpaired) electrons. The zero-order chi connectivity index (χ0) is 61.2. The topological polar surface area (TPSA) is 158 Å². The number of unbranched alkanes of at least 4 members (excludes halogenated alkanes) is 7. The van der Waals surface area contributed by atoms with Crippen LogP contribution in [0.4, 0.5) is 0 Å². The van der Waals surface area contributed by atoms with Crippen LogP contribution in [0.1, 0.15) is 207 Å². The van der Waals surface area contributed by atoms with Gasteiger partial charge < -0.3 is 26.5 Å². The molecule has 0 unspecified atom stereocenters. The number of nitrogens with one attached hydrogen (secondary N) is 1. The van der Waals surface area contributed by atoms with E-state index in [4.69, 9.17) is 0 Å². The number of carbonyl (C=O) groups excluding carboxylic acids is 6. The molecule has 7 aromatic carbocycles. The van der Waals surface area contributed by atoms with Gasteiger partial charge >= 0.3 is 0 Å². The predicted molar refractivity (Wildman–Crippen MR) is 365 cm³/mol. The van der Waals surface area contributed by atoms with Crippen molar-refractivity contribution in [3.63, 3.8) is 0 Å². The van der Waals surface area contributed by atoms with Crippen LogP contribution in [0, 0.1) is 0 Å². The number of rotatable bonds is 17. The third-order valence-electron chi connectivity index (χ3n) is 15.8. The van der Waals surface area contributed by atoms with Crippen LogP contribution in [-0.4, -0.2) is 69.4 Å². The first-order valence-electron chi connectivity index (χ1n) is 30.4. The lowest BCUT2D eigenvalue weighted by Crippen LogP contribution is -3.00. The number of nitrogens with zero attached hydrogens (tertiary/aromatic N) is 5. The smallest absolute Gasteiger partial charge is 0.244 e. The molecule has 0 amide bonds.